The normalized spacial score (nSPS) is 17.5. The monoisotopic (exact) mass is 345 g/mol. The molecule has 25 heavy (non-hydrogen) atoms. The van der Waals surface area contributed by atoms with Crippen molar-refractivity contribution in [2.45, 2.75) is 25.8 Å². The second-order valence-corrected chi connectivity index (χ2v) is 6.06. The van der Waals surface area contributed by atoms with E-state index in [4.69, 9.17) is 4.74 Å². The third kappa shape index (κ3) is 4.30. The van der Waals surface area contributed by atoms with Crippen LogP contribution in [0.4, 0.5) is 4.39 Å². The number of ether oxygens (including phenoxy) is 1. The SMILES string of the molecule is Cc1nc([C@@H]2COCCN2C(=O)CCc2cccc(F)c2)cc(=O)[nH]1. The van der Waals surface area contributed by atoms with Crippen LogP contribution in [0.25, 0.3) is 0 Å². The van der Waals surface area contributed by atoms with Gasteiger partial charge in [-0.2, -0.15) is 0 Å². The lowest BCUT2D eigenvalue weighted by Crippen LogP contribution is -2.44. The van der Waals surface area contributed by atoms with Crippen molar-refractivity contribution in [2.24, 2.45) is 0 Å². The molecule has 6 nitrogen and oxygen atoms in total. The van der Waals surface area contributed by atoms with E-state index in [1.54, 1.807) is 24.0 Å². The Labute approximate surface area is 144 Å². The van der Waals surface area contributed by atoms with Gasteiger partial charge in [-0.05, 0) is 31.0 Å². The third-order valence-corrected chi connectivity index (χ3v) is 4.19. The van der Waals surface area contributed by atoms with Gasteiger partial charge in [0, 0.05) is 19.0 Å². The first-order valence-corrected chi connectivity index (χ1v) is 8.22. The summed E-state index contributed by atoms with van der Waals surface area (Å²) in [6, 6.07) is 7.27. The minimum atomic E-state index is -0.380. The predicted molar refractivity (Wildman–Crippen MR) is 89.6 cm³/mol. The van der Waals surface area contributed by atoms with Gasteiger partial charge in [0.1, 0.15) is 11.6 Å². The first kappa shape index (κ1) is 17.3. The number of morpholine rings is 1. The minimum absolute atomic E-state index is 0.0581. The second kappa shape index (κ2) is 7.57. The lowest BCUT2D eigenvalue weighted by molar-refractivity contribution is -0.140. The van der Waals surface area contributed by atoms with Crippen molar-refractivity contribution in [1.82, 2.24) is 14.9 Å². The fourth-order valence-electron chi connectivity index (χ4n) is 3.01. The Morgan fingerprint density at radius 1 is 1.44 bits per heavy atom. The molecule has 1 atom stereocenters. The highest BCUT2D eigenvalue weighted by molar-refractivity contribution is 5.77. The van der Waals surface area contributed by atoms with Gasteiger partial charge in [0.25, 0.3) is 5.56 Å². The maximum Gasteiger partial charge on any atom is 0.251 e. The average Bonchev–Trinajstić information content (AvgIpc) is 2.59. The molecule has 7 heteroatoms. The number of carbonyl (C=O) groups is 1. The maximum absolute atomic E-state index is 13.3. The van der Waals surface area contributed by atoms with Crippen LogP contribution in [0.3, 0.4) is 0 Å². The summed E-state index contributed by atoms with van der Waals surface area (Å²) < 4.78 is 18.7. The summed E-state index contributed by atoms with van der Waals surface area (Å²) in [5, 5.41) is 0. The highest BCUT2D eigenvalue weighted by atomic mass is 19.1. The number of benzene rings is 1. The Kier molecular flexibility index (Phi) is 5.23. The highest BCUT2D eigenvalue weighted by Gasteiger charge is 2.29. The lowest BCUT2D eigenvalue weighted by Gasteiger charge is -2.35. The predicted octanol–water partition coefficient (Wildman–Crippen LogP) is 1.75. The quantitative estimate of drug-likeness (QED) is 0.916. The van der Waals surface area contributed by atoms with Crippen molar-refractivity contribution in [1.29, 1.82) is 0 Å². The number of aromatic amines is 1. The number of H-pyrrole nitrogens is 1. The molecule has 1 fully saturated rings. The van der Waals surface area contributed by atoms with Gasteiger partial charge in [-0.25, -0.2) is 9.37 Å². The van der Waals surface area contributed by atoms with Crippen molar-refractivity contribution in [2.75, 3.05) is 19.8 Å². The molecule has 1 aliphatic heterocycles. The van der Waals surface area contributed by atoms with E-state index >= 15 is 0 Å². The maximum atomic E-state index is 13.3. The molecule has 1 N–H and O–H groups in total. The Bertz CT molecular complexity index is 821. The molecule has 0 spiro atoms. The number of carbonyl (C=O) groups excluding carboxylic acids is 1. The standard InChI is InChI=1S/C18H20FN3O3/c1-12-20-15(10-17(23)21-12)16-11-25-8-7-22(16)18(24)6-5-13-3-2-4-14(19)9-13/h2-4,9-10,16H,5-8,11H2,1H3,(H,20,21,23)/t16-/m0/s1. The minimum Gasteiger partial charge on any atom is -0.377 e. The van der Waals surface area contributed by atoms with E-state index in [1.165, 1.54) is 18.2 Å². The summed E-state index contributed by atoms with van der Waals surface area (Å²) in [7, 11) is 0. The van der Waals surface area contributed by atoms with Gasteiger partial charge in [-0.3, -0.25) is 9.59 Å². The van der Waals surface area contributed by atoms with E-state index in [-0.39, 0.29) is 29.7 Å². The average molecular weight is 345 g/mol. The van der Waals surface area contributed by atoms with Gasteiger partial charge in [0.2, 0.25) is 5.91 Å². The summed E-state index contributed by atoms with van der Waals surface area (Å²) >= 11 is 0. The van der Waals surface area contributed by atoms with Gasteiger partial charge >= 0.3 is 0 Å². The Morgan fingerprint density at radius 2 is 2.28 bits per heavy atom. The van der Waals surface area contributed by atoms with Gasteiger partial charge in [-0.15, -0.1) is 0 Å². The summed E-state index contributed by atoms with van der Waals surface area (Å²) in [4.78, 5) is 33.0. The van der Waals surface area contributed by atoms with Gasteiger partial charge < -0.3 is 14.6 Å². The number of halogens is 1. The summed E-state index contributed by atoms with van der Waals surface area (Å²) in [6.07, 6.45) is 0.727. The topological polar surface area (TPSA) is 75.3 Å². The summed E-state index contributed by atoms with van der Waals surface area (Å²) in [5.41, 5.74) is 1.06. The van der Waals surface area contributed by atoms with Crippen molar-refractivity contribution in [3.05, 3.63) is 63.6 Å². The van der Waals surface area contributed by atoms with Crippen LogP contribution in [0, 0.1) is 12.7 Å². The number of hydrogen-bond acceptors (Lipinski definition) is 4. The van der Waals surface area contributed by atoms with E-state index in [0.29, 0.717) is 37.7 Å². The van der Waals surface area contributed by atoms with Crippen LogP contribution >= 0.6 is 0 Å². The van der Waals surface area contributed by atoms with Crippen LogP contribution in [0.5, 0.6) is 0 Å². The molecule has 1 aromatic heterocycles. The molecule has 3 rings (SSSR count). The van der Waals surface area contributed by atoms with Crippen LogP contribution in [-0.2, 0) is 16.0 Å². The second-order valence-electron chi connectivity index (χ2n) is 6.06. The van der Waals surface area contributed by atoms with Gasteiger partial charge in [0.15, 0.2) is 0 Å². The van der Waals surface area contributed by atoms with E-state index < -0.39 is 0 Å². The lowest BCUT2D eigenvalue weighted by atomic mass is 10.1. The molecule has 0 bridgehead atoms. The number of aryl methyl sites for hydroxylation is 2. The molecule has 1 aromatic carbocycles. The molecule has 0 radical (unpaired) electrons. The molecule has 0 aliphatic carbocycles. The Hall–Kier alpha value is -2.54. The van der Waals surface area contributed by atoms with E-state index in [1.807, 2.05) is 0 Å². The largest absolute Gasteiger partial charge is 0.377 e. The zero-order chi connectivity index (χ0) is 17.8. The molecule has 2 heterocycles. The van der Waals surface area contributed by atoms with Crippen LogP contribution in [0.15, 0.2) is 35.1 Å². The van der Waals surface area contributed by atoms with Crippen molar-refractivity contribution in [3.63, 3.8) is 0 Å². The van der Waals surface area contributed by atoms with Crippen molar-refractivity contribution in [3.8, 4) is 0 Å². The molecule has 2 aromatic rings. The molecule has 1 aliphatic rings. The van der Waals surface area contributed by atoms with Crippen LogP contribution in [-0.4, -0.2) is 40.5 Å². The number of nitrogens with one attached hydrogen (secondary N) is 1. The van der Waals surface area contributed by atoms with Crippen LogP contribution < -0.4 is 5.56 Å². The fourth-order valence-corrected chi connectivity index (χ4v) is 3.01. The highest BCUT2D eigenvalue weighted by Crippen LogP contribution is 2.23. The Morgan fingerprint density at radius 3 is 3.04 bits per heavy atom. The van der Waals surface area contributed by atoms with Crippen molar-refractivity contribution >= 4 is 5.91 Å². The van der Waals surface area contributed by atoms with Crippen LogP contribution in [0.1, 0.15) is 29.5 Å². The summed E-state index contributed by atoms with van der Waals surface area (Å²) in [6.45, 7) is 2.90. The van der Waals surface area contributed by atoms with Gasteiger partial charge in [0.05, 0.1) is 24.9 Å². The van der Waals surface area contributed by atoms with Crippen molar-refractivity contribution < 1.29 is 13.9 Å². The number of aromatic nitrogens is 2. The van der Waals surface area contributed by atoms with Crippen LogP contribution in [0.2, 0.25) is 0 Å². The molecule has 1 saturated heterocycles. The molecule has 0 unspecified atom stereocenters. The third-order valence-electron chi connectivity index (χ3n) is 4.19. The number of hydrogen-bond donors (Lipinski definition) is 1. The smallest absolute Gasteiger partial charge is 0.251 e. The van der Waals surface area contributed by atoms with E-state index in [2.05, 4.69) is 9.97 Å². The summed E-state index contributed by atoms with van der Waals surface area (Å²) in [5.74, 6) is 0.134. The fraction of sp³-hybridized carbons (Fsp3) is 0.389. The first-order valence-electron chi connectivity index (χ1n) is 8.22. The number of rotatable bonds is 4. The van der Waals surface area contributed by atoms with Gasteiger partial charge in [-0.1, -0.05) is 12.1 Å². The molecule has 0 saturated carbocycles. The first-order chi connectivity index (χ1) is 12.0. The molecular formula is C18H20FN3O3. The van der Waals surface area contributed by atoms with E-state index in [0.717, 1.165) is 5.56 Å². The van der Waals surface area contributed by atoms with E-state index in [9.17, 15) is 14.0 Å². The zero-order valence-corrected chi connectivity index (χ0v) is 14.0. The molecular weight excluding hydrogens is 325 g/mol. The number of amides is 1. The number of nitrogens with zero attached hydrogens (tertiary/aromatic N) is 2. The molecule has 132 valence electrons. The Balaban J connectivity index is 1.73. The zero-order valence-electron chi connectivity index (χ0n) is 14.0. The molecule has 1 amide bonds.